The van der Waals surface area contributed by atoms with Crippen LogP contribution >= 0.6 is 0 Å². The van der Waals surface area contributed by atoms with Crippen LogP contribution < -0.4 is 10.2 Å². The first-order valence-corrected chi connectivity index (χ1v) is 11.2. The molecular weight excluding hydrogens is 410 g/mol. The van der Waals surface area contributed by atoms with Crippen molar-refractivity contribution in [2.75, 3.05) is 24.5 Å². The summed E-state index contributed by atoms with van der Waals surface area (Å²) in [5, 5.41) is 2.87. The van der Waals surface area contributed by atoms with Crippen molar-refractivity contribution < 1.29 is 23.9 Å². The quantitative estimate of drug-likeness (QED) is 0.747. The molecule has 0 spiro atoms. The molecule has 0 radical (unpaired) electrons. The van der Waals surface area contributed by atoms with Crippen LogP contribution in [0.3, 0.4) is 0 Å². The average Bonchev–Trinajstić information content (AvgIpc) is 3.09. The third-order valence-electron chi connectivity index (χ3n) is 5.55. The van der Waals surface area contributed by atoms with Crippen LogP contribution in [0.25, 0.3) is 0 Å². The maximum Gasteiger partial charge on any atom is 0.410 e. The van der Waals surface area contributed by atoms with E-state index in [0.717, 1.165) is 17.7 Å². The van der Waals surface area contributed by atoms with E-state index < -0.39 is 28.9 Å². The van der Waals surface area contributed by atoms with Crippen molar-refractivity contribution in [3.05, 3.63) is 29.8 Å². The number of ether oxygens (including phenoxy) is 2. The molecule has 2 aliphatic heterocycles. The van der Waals surface area contributed by atoms with Gasteiger partial charge < -0.3 is 24.6 Å². The number of nitrogens with one attached hydrogen (secondary N) is 1. The van der Waals surface area contributed by atoms with Gasteiger partial charge in [0.25, 0.3) is 5.91 Å². The highest BCUT2D eigenvalue weighted by atomic mass is 16.6. The number of anilines is 1. The van der Waals surface area contributed by atoms with Gasteiger partial charge in [-0.2, -0.15) is 0 Å². The van der Waals surface area contributed by atoms with Crippen LogP contribution in [0.1, 0.15) is 59.9 Å². The Labute approximate surface area is 190 Å². The summed E-state index contributed by atoms with van der Waals surface area (Å²) in [6, 6.07) is 7.81. The largest absolute Gasteiger partial charge is 0.444 e. The zero-order valence-corrected chi connectivity index (χ0v) is 20.0. The third kappa shape index (κ3) is 5.53. The Bertz CT molecular complexity index is 876. The standard InChI is InChI=1S/C24H35N3O5/c1-22(2,3)31-20(29)25-24(12-15-26(16-13-24)21(30)32-23(4,5)6)19(28)27-14-11-17-9-7-8-10-18(17)27/h7-10H,11-16H2,1-6H3,(H,25,29). The molecule has 1 aromatic carbocycles. The molecule has 176 valence electrons. The molecule has 1 aromatic rings. The zero-order valence-electron chi connectivity index (χ0n) is 20.0. The summed E-state index contributed by atoms with van der Waals surface area (Å²) in [6.45, 7) is 11.9. The lowest BCUT2D eigenvalue weighted by molar-refractivity contribution is -0.127. The first-order chi connectivity index (χ1) is 14.8. The van der Waals surface area contributed by atoms with Crippen molar-refractivity contribution in [2.24, 2.45) is 0 Å². The average molecular weight is 446 g/mol. The number of likely N-dealkylation sites (tertiary alicyclic amines) is 1. The number of carbonyl (C=O) groups excluding carboxylic acids is 3. The lowest BCUT2D eigenvalue weighted by Crippen LogP contribution is -2.64. The number of rotatable bonds is 2. The molecule has 0 aromatic heterocycles. The van der Waals surface area contributed by atoms with Crippen LogP contribution in [0.2, 0.25) is 0 Å². The van der Waals surface area contributed by atoms with E-state index in [2.05, 4.69) is 5.32 Å². The van der Waals surface area contributed by atoms with Gasteiger partial charge in [-0.15, -0.1) is 0 Å². The summed E-state index contributed by atoms with van der Waals surface area (Å²) in [6.07, 6.45) is 0.284. The molecule has 0 atom stereocenters. The zero-order chi connectivity index (χ0) is 23.7. The Balaban J connectivity index is 1.81. The van der Waals surface area contributed by atoms with Crippen molar-refractivity contribution >= 4 is 23.8 Å². The number of piperidine rings is 1. The molecule has 1 N–H and O–H groups in total. The molecule has 1 saturated heterocycles. The molecule has 2 heterocycles. The molecule has 2 aliphatic rings. The molecule has 0 aliphatic carbocycles. The molecule has 3 rings (SSSR count). The SMILES string of the molecule is CC(C)(C)OC(=O)NC1(C(=O)N2CCc3ccccc32)CCN(C(=O)OC(C)(C)C)CC1. The fourth-order valence-electron chi connectivity index (χ4n) is 4.10. The minimum atomic E-state index is -1.15. The first-order valence-electron chi connectivity index (χ1n) is 11.2. The van der Waals surface area contributed by atoms with E-state index in [1.54, 1.807) is 30.6 Å². The number of carbonyl (C=O) groups is 3. The summed E-state index contributed by atoms with van der Waals surface area (Å²) < 4.78 is 10.9. The van der Waals surface area contributed by atoms with Gasteiger partial charge in [0, 0.05) is 25.3 Å². The Kier molecular flexibility index (Phi) is 6.45. The number of amides is 3. The maximum atomic E-state index is 13.8. The van der Waals surface area contributed by atoms with Crippen LogP contribution in [0.15, 0.2) is 24.3 Å². The van der Waals surface area contributed by atoms with Gasteiger partial charge in [-0.3, -0.25) is 4.79 Å². The highest BCUT2D eigenvalue weighted by Gasteiger charge is 2.48. The lowest BCUT2D eigenvalue weighted by Gasteiger charge is -2.43. The van der Waals surface area contributed by atoms with Crippen molar-refractivity contribution in [3.8, 4) is 0 Å². The van der Waals surface area contributed by atoms with Crippen LogP contribution in [0.5, 0.6) is 0 Å². The lowest BCUT2D eigenvalue weighted by atomic mass is 9.86. The van der Waals surface area contributed by atoms with Gasteiger partial charge in [0.05, 0.1) is 0 Å². The number of alkyl carbamates (subject to hydrolysis) is 1. The molecule has 8 nitrogen and oxygen atoms in total. The molecule has 0 saturated carbocycles. The van der Waals surface area contributed by atoms with Gasteiger partial charge >= 0.3 is 12.2 Å². The number of hydrogen-bond donors (Lipinski definition) is 1. The topological polar surface area (TPSA) is 88.2 Å². The molecule has 0 unspecified atom stereocenters. The number of hydrogen-bond acceptors (Lipinski definition) is 5. The number of para-hydroxylation sites is 1. The van der Waals surface area contributed by atoms with E-state index in [0.29, 0.717) is 19.6 Å². The second-order valence-electron chi connectivity index (χ2n) is 10.5. The van der Waals surface area contributed by atoms with Crippen molar-refractivity contribution in [1.29, 1.82) is 0 Å². The second-order valence-corrected chi connectivity index (χ2v) is 10.5. The highest BCUT2D eigenvalue weighted by molar-refractivity contribution is 6.03. The summed E-state index contributed by atoms with van der Waals surface area (Å²) in [5.74, 6) is -0.169. The fourth-order valence-corrected chi connectivity index (χ4v) is 4.10. The van der Waals surface area contributed by atoms with Crippen LogP contribution in [0, 0.1) is 0 Å². The van der Waals surface area contributed by atoms with Gasteiger partial charge in [-0.25, -0.2) is 9.59 Å². The summed E-state index contributed by atoms with van der Waals surface area (Å²) in [5.41, 5.74) is -0.462. The van der Waals surface area contributed by atoms with Gasteiger partial charge in [0.15, 0.2) is 0 Å². The van der Waals surface area contributed by atoms with E-state index in [1.807, 2.05) is 45.0 Å². The molecular formula is C24H35N3O5. The predicted molar refractivity (Wildman–Crippen MR) is 122 cm³/mol. The smallest absolute Gasteiger partial charge is 0.410 e. The molecule has 1 fully saturated rings. The molecule has 3 amide bonds. The van der Waals surface area contributed by atoms with Crippen molar-refractivity contribution in [2.45, 2.75) is 77.5 Å². The van der Waals surface area contributed by atoms with Crippen LogP contribution in [-0.4, -0.2) is 59.4 Å². The molecule has 0 bridgehead atoms. The second kappa shape index (κ2) is 8.64. The minimum Gasteiger partial charge on any atom is -0.444 e. The summed E-state index contributed by atoms with van der Waals surface area (Å²) >= 11 is 0. The fraction of sp³-hybridized carbons (Fsp3) is 0.625. The first kappa shape index (κ1) is 23.9. The third-order valence-corrected chi connectivity index (χ3v) is 5.55. The van der Waals surface area contributed by atoms with Crippen molar-refractivity contribution in [1.82, 2.24) is 10.2 Å². The van der Waals surface area contributed by atoms with E-state index in [9.17, 15) is 14.4 Å². The number of fused-ring (bicyclic) bond motifs is 1. The molecule has 32 heavy (non-hydrogen) atoms. The highest BCUT2D eigenvalue weighted by Crippen LogP contribution is 2.33. The Hall–Kier alpha value is -2.77. The Morgan fingerprint density at radius 3 is 2.09 bits per heavy atom. The maximum absolute atomic E-state index is 13.8. The monoisotopic (exact) mass is 445 g/mol. The van der Waals surface area contributed by atoms with E-state index >= 15 is 0 Å². The molecule has 8 heteroatoms. The normalized spacial score (nSPS) is 18.1. The van der Waals surface area contributed by atoms with Gasteiger partial charge in [0.1, 0.15) is 16.7 Å². The van der Waals surface area contributed by atoms with Gasteiger partial charge in [0.2, 0.25) is 0 Å². The van der Waals surface area contributed by atoms with Crippen LogP contribution in [-0.2, 0) is 20.7 Å². The number of benzene rings is 1. The van der Waals surface area contributed by atoms with Gasteiger partial charge in [-0.1, -0.05) is 18.2 Å². The Morgan fingerprint density at radius 1 is 0.906 bits per heavy atom. The van der Waals surface area contributed by atoms with Crippen molar-refractivity contribution in [3.63, 3.8) is 0 Å². The number of nitrogens with zero attached hydrogens (tertiary/aromatic N) is 2. The van der Waals surface area contributed by atoms with Crippen LogP contribution in [0.4, 0.5) is 15.3 Å². The summed E-state index contributed by atoms with van der Waals surface area (Å²) in [7, 11) is 0. The predicted octanol–water partition coefficient (Wildman–Crippen LogP) is 3.87. The summed E-state index contributed by atoms with van der Waals surface area (Å²) in [4.78, 5) is 42.4. The van der Waals surface area contributed by atoms with Gasteiger partial charge in [-0.05, 0) is 72.4 Å². The minimum absolute atomic E-state index is 0.169. The van der Waals surface area contributed by atoms with E-state index in [4.69, 9.17) is 9.47 Å². The van der Waals surface area contributed by atoms with E-state index in [1.165, 1.54) is 0 Å². The Morgan fingerprint density at radius 2 is 1.50 bits per heavy atom. The van der Waals surface area contributed by atoms with E-state index in [-0.39, 0.29) is 18.7 Å².